The monoisotopic (exact) mass is 472 g/mol. The van der Waals surface area contributed by atoms with E-state index in [0.29, 0.717) is 37.8 Å². The first-order valence-corrected chi connectivity index (χ1v) is 12.7. The molecule has 1 aromatic carbocycles. The lowest BCUT2D eigenvalue weighted by Gasteiger charge is -2.39. The molecule has 1 aromatic rings. The van der Waals surface area contributed by atoms with E-state index in [9.17, 15) is 0 Å². The molecule has 0 fully saturated rings. The molecule has 0 radical (unpaired) electrons. The van der Waals surface area contributed by atoms with E-state index < -0.39 is 0 Å². The maximum absolute atomic E-state index is 6.17. The smallest absolute Gasteiger partial charge is 0.130 e. The van der Waals surface area contributed by atoms with Crippen LogP contribution in [0.1, 0.15) is 77.5 Å². The minimum atomic E-state index is 0.0993. The maximum Gasteiger partial charge on any atom is 0.130 e. The van der Waals surface area contributed by atoms with Crippen LogP contribution in [0.15, 0.2) is 35.9 Å². The van der Waals surface area contributed by atoms with E-state index in [0.717, 1.165) is 23.3 Å². The van der Waals surface area contributed by atoms with E-state index in [1.807, 2.05) is 0 Å². The van der Waals surface area contributed by atoms with Gasteiger partial charge in [0, 0.05) is 25.3 Å². The van der Waals surface area contributed by atoms with Crippen LogP contribution in [-0.2, 0) is 27.4 Å². The van der Waals surface area contributed by atoms with Crippen molar-refractivity contribution in [3.05, 3.63) is 52.6 Å². The highest BCUT2D eigenvalue weighted by atomic mass is 16.5. The van der Waals surface area contributed by atoms with Gasteiger partial charge in [-0.2, -0.15) is 0 Å². The molecule has 192 valence electrons. The van der Waals surface area contributed by atoms with E-state index >= 15 is 0 Å². The highest BCUT2D eigenvalue weighted by molar-refractivity contribution is 5.44. The number of hydrogen-bond acceptors (Lipinski definition) is 4. The van der Waals surface area contributed by atoms with Crippen molar-refractivity contribution >= 4 is 0 Å². The van der Waals surface area contributed by atoms with Gasteiger partial charge in [-0.3, -0.25) is 0 Å². The van der Waals surface area contributed by atoms with Gasteiger partial charge in [0.15, 0.2) is 0 Å². The molecule has 0 N–H and O–H groups in total. The van der Waals surface area contributed by atoms with Crippen LogP contribution in [0.25, 0.3) is 0 Å². The first kappa shape index (κ1) is 28.6. The minimum absolute atomic E-state index is 0.0993. The summed E-state index contributed by atoms with van der Waals surface area (Å²) in [4.78, 5) is 0. The average Bonchev–Trinajstić information content (AvgIpc) is 2.76. The topological polar surface area (TPSA) is 36.9 Å². The molecule has 4 nitrogen and oxygen atoms in total. The van der Waals surface area contributed by atoms with Gasteiger partial charge in [0.05, 0.1) is 25.9 Å². The standard InChI is InChI=1S/C30H48O4/c1-10-30(6,7)27(19-29(3,4)5)23-11-13-26(14-12-23)33-15-16-34-28-24(20-31-8)17-22(2)18-25(28)21-32-9/h11-13,17-18,26-27H,10,14-16,19-21H2,1-9H3. The van der Waals surface area contributed by atoms with Crippen molar-refractivity contribution in [3.63, 3.8) is 0 Å². The Balaban J connectivity index is 1.96. The number of allylic oxidation sites excluding steroid dienone is 2. The van der Waals surface area contributed by atoms with Crippen molar-refractivity contribution in [3.8, 4) is 5.75 Å². The van der Waals surface area contributed by atoms with Crippen molar-refractivity contribution in [2.45, 2.75) is 87.0 Å². The fourth-order valence-electron chi connectivity index (χ4n) is 4.69. The summed E-state index contributed by atoms with van der Waals surface area (Å²) in [5, 5.41) is 0. The van der Waals surface area contributed by atoms with Gasteiger partial charge in [0.2, 0.25) is 0 Å². The summed E-state index contributed by atoms with van der Waals surface area (Å²) < 4.78 is 23.1. The average molecular weight is 473 g/mol. The van der Waals surface area contributed by atoms with Gasteiger partial charge >= 0.3 is 0 Å². The second kappa shape index (κ2) is 12.9. The van der Waals surface area contributed by atoms with Crippen molar-refractivity contribution in [2.24, 2.45) is 16.7 Å². The molecule has 2 unspecified atom stereocenters. The summed E-state index contributed by atoms with van der Waals surface area (Å²) in [6, 6.07) is 4.22. The molecule has 2 atom stereocenters. The molecule has 2 rings (SSSR count). The highest BCUT2D eigenvalue weighted by Gasteiger charge is 2.33. The molecule has 0 aliphatic heterocycles. The molecule has 0 saturated heterocycles. The molecule has 34 heavy (non-hydrogen) atoms. The number of rotatable bonds is 13. The molecular formula is C30H48O4. The van der Waals surface area contributed by atoms with Crippen LogP contribution in [0, 0.1) is 23.7 Å². The third-order valence-electron chi connectivity index (χ3n) is 6.81. The Kier molecular flexibility index (Phi) is 10.9. The normalized spacial score (nSPS) is 17.6. The van der Waals surface area contributed by atoms with Crippen molar-refractivity contribution in [1.82, 2.24) is 0 Å². The zero-order chi connectivity index (χ0) is 25.4. The zero-order valence-electron chi connectivity index (χ0n) is 23.1. The van der Waals surface area contributed by atoms with Gasteiger partial charge in [-0.1, -0.05) is 83.9 Å². The van der Waals surface area contributed by atoms with Crippen molar-refractivity contribution < 1.29 is 18.9 Å². The van der Waals surface area contributed by atoms with Gasteiger partial charge in [0.1, 0.15) is 12.4 Å². The second-order valence-corrected chi connectivity index (χ2v) is 11.5. The Bertz CT molecular complexity index is 802. The molecular weight excluding hydrogens is 424 g/mol. The summed E-state index contributed by atoms with van der Waals surface area (Å²) in [7, 11) is 3.41. The summed E-state index contributed by atoms with van der Waals surface area (Å²) in [5.41, 5.74) is 5.31. The highest BCUT2D eigenvalue weighted by Crippen LogP contribution is 2.44. The molecule has 0 heterocycles. The predicted molar refractivity (Wildman–Crippen MR) is 141 cm³/mol. The van der Waals surface area contributed by atoms with Crippen LogP contribution in [0.2, 0.25) is 0 Å². The number of benzene rings is 1. The predicted octanol–water partition coefficient (Wildman–Crippen LogP) is 7.43. The molecule has 0 saturated carbocycles. The maximum atomic E-state index is 6.17. The van der Waals surface area contributed by atoms with Crippen molar-refractivity contribution in [1.29, 1.82) is 0 Å². The lowest BCUT2D eigenvalue weighted by molar-refractivity contribution is 0.0592. The zero-order valence-corrected chi connectivity index (χ0v) is 23.1. The van der Waals surface area contributed by atoms with Gasteiger partial charge in [-0.25, -0.2) is 0 Å². The number of ether oxygens (including phenoxy) is 4. The Morgan fingerprint density at radius 1 is 0.971 bits per heavy atom. The van der Waals surface area contributed by atoms with Crippen LogP contribution in [-0.4, -0.2) is 33.5 Å². The van der Waals surface area contributed by atoms with E-state index in [1.165, 1.54) is 24.0 Å². The Labute approximate surface area is 208 Å². The molecule has 0 bridgehead atoms. The van der Waals surface area contributed by atoms with Crippen LogP contribution in [0.5, 0.6) is 5.75 Å². The lowest BCUT2D eigenvalue weighted by Crippen LogP contribution is -2.30. The van der Waals surface area contributed by atoms with Gasteiger partial charge in [0.25, 0.3) is 0 Å². The van der Waals surface area contributed by atoms with Crippen LogP contribution in [0.4, 0.5) is 0 Å². The third-order valence-corrected chi connectivity index (χ3v) is 6.81. The van der Waals surface area contributed by atoms with Crippen LogP contribution in [0.3, 0.4) is 0 Å². The fourth-order valence-corrected chi connectivity index (χ4v) is 4.69. The number of methoxy groups -OCH3 is 2. The van der Waals surface area contributed by atoms with Gasteiger partial charge in [-0.15, -0.1) is 0 Å². The van der Waals surface area contributed by atoms with E-state index in [-0.39, 0.29) is 11.5 Å². The lowest BCUT2D eigenvalue weighted by atomic mass is 9.66. The molecule has 0 amide bonds. The molecule has 0 spiro atoms. The third kappa shape index (κ3) is 8.55. The fraction of sp³-hybridized carbons (Fsp3) is 0.667. The van der Waals surface area contributed by atoms with Crippen molar-refractivity contribution in [2.75, 3.05) is 27.4 Å². The summed E-state index contributed by atoms with van der Waals surface area (Å²) >= 11 is 0. The quantitative estimate of drug-likeness (QED) is 0.280. The second-order valence-electron chi connectivity index (χ2n) is 11.5. The Morgan fingerprint density at radius 3 is 2.06 bits per heavy atom. The molecule has 4 heteroatoms. The first-order chi connectivity index (χ1) is 16.0. The van der Waals surface area contributed by atoms with Crippen LogP contribution < -0.4 is 4.74 Å². The van der Waals surface area contributed by atoms with E-state index in [4.69, 9.17) is 18.9 Å². The number of aryl methyl sites for hydroxylation is 1. The first-order valence-electron chi connectivity index (χ1n) is 12.7. The summed E-state index contributed by atoms with van der Waals surface area (Å²) in [6.45, 7) is 18.3. The summed E-state index contributed by atoms with van der Waals surface area (Å²) in [5.74, 6) is 1.41. The molecule has 0 aromatic heterocycles. The van der Waals surface area contributed by atoms with E-state index in [2.05, 4.69) is 78.8 Å². The summed E-state index contributed by atoms with van der Waals surface area (Å²) in [6.07, 6.45) is 10.3. The van der Waals surface area contributed by atoms with E-state index in [1.54, 1.807) is 14.2 Å². The minimum Gasteiger partial charge on any atom is -0.490 e. The largest absolute Gasteiger partial charge is 0.490 e. The molecule has 1 aliphatic carbocycles. The Morgan fingerprint density at radius 2 is 1.59 bits per heavy atom. The molecule has 1 aliphatic rings. The van der Waals surface area contributed by atoms with Gasteiger partial charge < -0.3 is 18.9 Å². The SMILES string of the molecule is CCC(C)(C)C(CC(C)(C)C)C1=CCC(OCCOc2c(COC)cc(C)cc2COC)C=C1. The Hall–Kier alpha value is -1.62. The van der Waals surface area contributed by atoms with Gasteiger partial charge in [-0.05, 0) is 42.1 Å². The number of hydrogen-bond donors (Lipinski definition) is 0. The van der Waals surface area contributed by atoms with Crippen LogP contribution >= 0.6 is 0 Å².